The third-order valence-corrected chi connectivity index (χ3v) is 4.84. The predicted molar refractivity (Wildman–Crippen MR) is 110 cm³/mol. The topological polar surface area (TPSA) is 32.0 Å². The molecule has 0 fully saturated rings. The summed E-state index contributed by atoms with van der Waals surface area (Å²) in [5.41, 5.74) is 4.83. The zero-order valence-corrected chi connectivity index (χ0v) is 17.4. The van der Waals surface area contributed by atoms with Crippen molar-refractivity contribution in [3.63, 3.8) is 0 Å². The smallest absolute Gasteiger partial charge is 0.159 e. The van der Waals surface area contributed by atoms with Crippen LogP contribution in [0.4, 0.5) is 0 Å². The lowest BCUT2D eigenvalue weighted by atomic mass is 9.92. The molecule has 1 atom stereocenters. The fourth-order valence-corrected chi connectivity index (χ4v) is 3.39. The summed E-state index contributed by atoms with van der Waals surface area (Å²) >= 11 is 0. The van der Waals surface area contributed by atoms with Crippen molar-refractivity contribution in [2.24, 2.45) is 0 Å². The number of ether oxygens (including phenoxy) is 1. The first-order valence-corrected chi connectivity index (χ1v) is 9.65. The third kappa shape index (κ3) is 4.51. The monoisotopic (exact) mass is 365 g/mol. The molecule has 4 nitrogen and oxygen atoms in total. The quantitative estimate of drug-likeness (QED) is 0.602. The van der Waals surface area contributed by atoms with Gasteiger partial charge in [0.15, 0.2) is 5.82 Å². The SMILES string of the molecule is Cc1ccc(C)n1-c1cc(C(C)(C)C)n(CC(C)OCc2ccccc2)n1. The second-order valence-corrected chi connectivity index (χ2v) is 8.38. The predicted octanol–water partition coefficient (Wildman–Crippen LogP) is 5.19. The second-order valence-electron chi connectivity index (χ2n) is 8.38. The van der Waals surface area contributed by atoms with E-state index in [1.807, 2.05) is 18.2 Å². The highest BCUT2D eigenvalue weighted by molar-refractivity contribution is 5.34. The molecular weight excluding hydrogens is 334 g/mol. The van der Waals surface area contributed by atoms with Crippen LogP contribution in [0.5, 0.6) is 0 Å². The van der Waals surface area contributed by atoms with Crippen molar-refractivity contribution in [3.05, 3.63) is 71.2 Å². The van der Waals surface area contributed by atoms with Crippen LogP contribution < -0.4 is 0 Å². The Bertz CT molecular complexity index is 865. The molecule has 1 unspecified atom stereocenters. The van der Waals surface area contributed by atoms with Gasteiger partial charge in [0, 0.05) is 28.6 Å². The standard InChI is InChI=1S/C23H31N3O/c1-17-12-13-18(2)26(17)22-14-21(23(4,5)6)25(24-22)15-19(3)27-16-20-10-8-7-9-11-20/h7-14,19H,15-16H2,1-6H3. The largest absolute Gasteiger partial charge is 0.372 e. The Hall–Kier alpha value is -2.33. The van der Waals surface area contributed by atoms with E-state index in [-0.39, 0.29) is 11.5 Å². The number of aryl methyl sites for hydroxylation is 2. The third-order valence-electron chi connectivity index (χ3n) is 4.84. The molecule has 0 saturated heterocycles. The Morgan fingerprint density at radius 3 is 2.22 bits per heavy atom. The zero-order chi connectivity index (χ0) is 19.6. The van der Waals surface area contributed by atoms with E-state index in [9.17, 15) is 0 Å². The average Bonchev–Trinajstić information content (AvgIpc) is 3.17. The van der Waals surface area contributed by atoms with E-state index in [4.69, 9.17) is 9.84 Å². The molecule has 2 aromatic heterocycles. The van der Waals surface area contributed by atoms with E-state index < -0.39 is 0 Å². The molecule has 0 aliphatic carbocycles. The summed E-state index contributed by atoms with van der Waals surface area (Å²) < 4.78 is 10.4. The Balaban J connectivity index is 1.81. The van der Waals surface area contributed by atoms with Crippen LogP contribution in [0.3, 0.4) is 0 Å². The highest BCUT2D eigenvalue weighted by Gasteiger charge is 2.23. The van der Waals surface area contributed by atoms with Crippen molar-refractivity contribution in [3.8, 4) is 5.82 Å². The molecule has 3 rings (SSSR count). The minimum Gasteiger partial charge on any atom is -0.372 e. The fourth-order valence-electron chi connectivity index (χ4n) is 3.39. The van der Waals surface area contributed by atoms with Crippen molar-refractivity contribution in [2.75, 3.05) is 0 Å². The zero-order valence-electron chi connectivity index (χ0n) is 17.4. The van der Waals surface area contributed by atoms with Gasteiger partial charge in [0.05, 0.1) is 19.3 Å². The van der Waals surface area contributed by atoms with Gasteiger partial charge in [-0.15, -0.1) is 0 Å². The van der Waals surface area contributed by atoms with E-state index in [0.29, 0.717) is 6.61 Å². The number of rotatable bonds is 6. The van der Waals surface area contributed by atoms with E-state index in [0.717, 1.165) is 12.4 Å². The van der Waals surface area contributed by atoms with Crippen LogP contribution in [-0.4, -0.2) is 20.5 Å². The Morgan fingerprint density at radius 2 is 1.63 bits per heavy atom. The molecule has 0 radical (unpaired) electrons. The Kier molecular flexibility index (Phi) is 5.56. The summed E-state index contributed by atoms with van der Waals surface area (Å²) in [6.45, 7) is 14.4. The molecule has 0 N–H and O–H groups in total. The van der Waals surface area contributed by atoms with Gasteiger partial charge in [0.1, 0.15) is 0 Å². The van der Waals surface area contributed by atoms with Crippen molar-refractivity contribution < 1.29 is 4.74 Å². The van der Waals surface area contributed by atoms with Gasteiger partial charge in [-0.3, -0.25) is 4.68 Å². The van der Waals surface area contributed by atoms with Crippen LogP contribution in [0.1, 0.15) is 50.3 Å². The second kappa shape index (κ2) is 7.73. The van der Waals surface area contributed by atoms with Gasteiger partial charge in [0.25, 0.3) is 0 Å². The van der Waals surface area contributed by atoms with E-state index >= 15 is 0 Å². The van der Waals surface area contributed by atoms with Crippen LogP contribution in [0, 0.1) is 13.8 Å². The minimum absolute atomic E-state index is 0.0133. The Labute approximate surface area is 162 Å². The molecule has 144 valence electrons. The maximum atomic E-state index is 6.08. The van der Waals surface area contributed by atoms with Crippen LogP contribution in [0.15, 0.2) is 48.5 Å². The van der Waals surface area contributed by atoms with Gasteiger partial charge in [0.2, 0.25) is 0 Å². The van der Waals surface area contributed by atoms with Gasteiger partial charge in [-0.1, -0.05) is 51.1 Å². The summed E-state index contributed by atoms with van der Waals surface area (Å²) in [5, 5.41) is 4.94. The molecule has 0 aliphatic rings. The lowest BCUT2D eigenvalue weighted by Crippen LogP contribution is -2.24. The highest BCUT2D eigenvalue weighted by Crippen LogP contribution is 2.26. The van der Waals surface area contributed by atoms with Gasteiger partial charge in [-0.2, -0.15) is 5.10 Å². The van der Waals surface area contributed by atoms with Gasteiger partial charge in [-0.05, 0) is 38.5 Å². The van der Waals surface area contributed by atoms with E-state index in [1.165, 1.54) is 22.6 Å². The normalized spacial score (nSPS) is 13.1. The van der Waals surface area contributed by atoms with Crippen LogP contribution in [0.2, 0.25) is 0 Å². The maximum absolute atomic E-state index is 6.08. The highest BCUT2D eigenvalue weighted by atomic mass is 16.5. The average molecular weight is 366 g/mol. The Morgan fingerprint density at radius 1 is 1.00 bits per heavy atom. The van der Waals surface area contributed by atoms with Gasteiger partial charge < -0.3 is 9.30 Å². The first-order valence-electron chi connectivity index (χ1n) is 9.65. The number of benzene rings is 1. The summed E-state index contributed by atoms with van der Waals surface area (Å²) in [4.78, 5) is 0. The molecule has 1 aromatic carbocycles. The molecule has 4 heteroatoms. The van der Waals surface area contributed by atoms with Crippen molar-refractivity contribution >= 4 is 0 Å². The molecule has 3 aromatic rings. The van der Waals surface area contributed by atoms with Crippen LogP contribution in [-0.2, 0) is 23.3 Å². The summed E-state index contributed by atoms with van der Waals surface area (Å²) in [7, 11) is 0. The molecule has 0 spiro atoms. The molecule has 2 heterocycles. The number of aromatic nitrogens is 3. The first-order chi connectivity index (χ1) is 12.8. The van der Waals surface area contributed by atoms with Gasteiger partial charge in [-0.25, -0.2) is 0 Å². The molecule has 0 saturated carbocycles. The molecule has 0 amide bonds. The number of hydrogen-bond donors (Lipinski definition) is 0. The minimum atomic E-state index is 0.0133. The van der Waals surface area contributed by atoms with Crippen molar-refractivity contribution in [1.29, 1.82) is 0 Å². The molecule has 0 bridgehead atoms. The number of hydrogen-bond acceptors (Lipinski definition) is 2. The first kappa shape index (κ1) is 19.4. The lowest BCUT2D eigenvalue weighted by Gasteiger charge is -2.22. The molecule has 27 heavy (non-hydrogen) atoms. The summed E-state index contributed by atoms with van der Waals surface area (Å²) in [6, 6.07) is 16.8. The molecular formula is C23H31N3O. The lowest BCUT2D eigenvalue weighted by molar-refractivity contribution is 0.0385. The molecule has 0 aliphatic heterocycles. The number of nitrogens with zero attached hydrogens (tertiary/aromatic N) is 3. The van der Waals surface area contributed by atoms with Crippen LogP contribution in [0.25, 0.3) is 5.82 Å². The van der Waals surface area contributed by atoms with E-state index in [1.54, 1.807) is 0 Å². The fraction of sp³-hybridized carbons (Fsp3) is 0.435. The maximum Gasteiger partial charge on any atom is 0.159 e. The van der Waals surface area contributed by atoms with Crippen molar-refractivity contribution in [1.82, 2.24) is 14.3 Å². The van der Waals surface area contributed by atoms with Crippen molar-refractivity contribution in [2.45, 2.75) is 66.2 Å². The van der Waals surface area contributed by atoms with E-state index in [2.05, 4.69) is 81.1 Å². The van der Waals surface area contributed by atoms with Gasteiger partial charge >= 0.3 is 0 Å². The summed E-state index contributed by atoms with van der Waals surface area (Å²) in [6.07, 6.45) is 0.0749. The summed E-state index contributed by atoms with van der Waals surface area (Å²) in [5.74, 6) is 0.982. The van der Waals surface area contributed by atoms with Crippen LogP contribution >= 0.6 is 0 Å².